The van der Waals surface area contributed by atoms with Crippen LogP contribution in [0, 0.1) is 13.8 Å². The zero-order valence-electron chi connectivity index (χ0n) is 13.9. The Balaban J connectivity index is 1.99. The second-order valence-electron chi connectivity index (χ2n) is 5.98. The number of nitrogens with zero attached hydrogens (tertiary/aromatic N) is 2. The number of aryl methyl sites for hydroxylation is 2. The summed E-state index contributed by atoms with van der Waals surface area (Å²) in [4.78, 5) is 0. The molecule has 120 valence electrons. The van der Waals surface area contributed by atoms with Crippen molar-refractivity contribution in [2.45, 2.75) is 26.3 Å². The van der Waals surface area contributed by atoms with E-state index in [9.17, 15) is 0 Å². The normalized spacial score (nSPS) is 17.3. The first-order chi connectivity index (χ1) is 11.1. The number of nitrogens with two attached hydrogens (primary N) is 1. The molecule has 0 aromatic heterocycles. The van der Waals surface area contributed by atoms with E-state index < -0.39 is 0 Å². The maximum Gasteiger partial charge on any atom is 0.119 e. The highest BCUT2D eigenvalue weighted by Crippen LogP contribution is 2.36. The molecule has 2 aromatic carbocycles. The highest BCUT2D eigenvalue weighted by atomic mass is 16.5. The molecule has 0 aliphatic carbocycles. The number of hydrogen-bond donors (Lipinski definition) is 1. The number of ether oxygens (including phenoxy) is 1. The minimum absolute atomic E-state index is 0.158. The Kier molecular flexibility index (Phi) is 4.35. The molecule has 1 aliphatic heterocycles. The van der Waals surface area contributed by atoms with E-state index in [1.54, 1.807) is 7.11 Å². The SMILES string of the molecule is COc1cccc(C2CC(CN)=NN2c2ccc(C)c(C)c2)c1. The number of rotatable bonds is 4. The summed E-state index contributed by atoms with van der Waals surface area (Å²) < 4.78 is 5.36. The zero-order valence-corrected chi connectivity index (χ0v) is 13.9. The zero-order chi connectivity index (χ0) is 16.4. The van der Waals surface area contributed by atoms with Crippen molar-refractivity contribution < 1.29 is 4.74 Å². The predicted octanol–water partition coefficient (Wildman–Crippen LogP) is 3.58. The van der Waals surface area contributed by atoms with Crippen LogP contribution in [-0.4, -0.2) is 19.4 Å². The van der Waals surface area contributed by atoms with Crippen LogP contribution in [-0.2, 0) is 0 Å². The van der Waals surface area contributed by atoms with Gasteiger partial charge < -0.3 is 10.5 Å². The molecule has 4 nitrogen and oxygen atoms in total. The lowest BCUT2D eigenvalue weighted by Gasteiger charge is -2.25. The van der Waals surface area contributed by atoms with Crippen molar-refractivity contribution in [3.8, 4) is 5.75 Å². The van der Waals surface area contributed by atoms with Crippen LogP contribution in [0.25, 0.3) is 0 Å². The molecule has 2 N–H and O–H groups in total. The summed E-state index contributed by atoms with van der Waals surface area (Å²) in [6.45, 7) is 4.74. The first kappa shape index (κ1) is 15.6. The first-order valence-electron chi connectivity index (χ1n) is 7.89. The summed E-state index contributed by atoms with van der Waals surface area (Å²) in [5.74, 6) is 0.865. The summed E-state index contributed by atoms with van der Waals surface area (Å²) in [6.07, 6.45) is 0.844. The Morgan fingerprint density at radius 3 is 2.70 bits per heavy atom. The quantitative estimate of drug-likeness (QED) is 0.939. The van der Waals surface area contributed by atoms with E-state index in [1.165, 1.54) is 16.7 Å². The Hall–Kier alpha value is -2.33. The Labute approximate surface area is 137 Å². The Morgan fingerprint density at radius 1 is 1.17 bits per heavy atom. The highest BCUT2D eigenvalue weighted by Gasteiger charge is 2.28. The molecule has 0 bridgehead atoms. The number of hydrogen-bond acceptors (Lipinski definition) is 4. The van der Waals surface area contributed by atoms with Gasteiger partial charge in [-0.1, -0.05) is 18.2 Å². The van der Waals surface area contributed by atoms with Crippen LogP contribution in [0.4, 0.5) is 5.69 Å². The van der Waals surface area contributed by atoms with Crippen molar-refractivity contribution in [3.63, 3.8) is 0 Å². The van der Waals surface area contributed by atoms with Gasteiger partial charge in [-0.3, -0.25) is 5.01 Å². The second-order valence-corrected chi connectivity index (χ2v) is 5.98. The lowest BCUT2D eigenvalue weighted by molar-refractivity contribution is 0.414. The summed E-state index contributed by atoms with van der Waals surface area (Å²) >= 11 is 0. The number of hydrazone groups is 1. The molecule has 1 aliphatic rings. The van der Waals surface area contributed by atoms with Gasteiger partial charge in [-0.05, 0) is 54.8 Å². The molecule has 0 radical (unpaired) electrons. The van der Waals surface area contributed by atoms with Gasteiger partial charge in [-0.25, -0.2) is 0 Å². The van der Waals surface area contributed by atoms with E-state index in [0.29, 0.717) is 6.54 Å². The molecular formula is C19H23N3O. The van der Waals surface area contributed by atoms with Gasteiger partial charge in [0.15, 0.2) is 0 Å². The van der Waals surface area contributed by atoms with Gasteiger partial charge in [0, 0.05) is 13.0 Å². The lowest BCUT2D eigenvalue weighted by atomic mass is 10.0. The van der Waals surface area contributed by atoms with Crippen LogP contribution in [0.1, 0.15) is 29.2 Å². The molecule has 3 rings (SSSR count). The number of methoxy groups -OCH3 is 1. The smallest absolute Gasteiger partial charge is 0.119 e. The summed E-state index contributed by atoms with van der Waals surface area (Å²) in [5.41, 5.74) is 11.7. The first-order valence-corrected chi connectivity index (χ1v) is 7.89. The molecule has 4 heteroatoms. The van der Waals surface area contributed by atoms with E-state index >= 15 is 0 Å². The molecule has 23 heavy (non-hydrogen) atoms. The van der Waals surface area contributed by atoms with Gasteiger partial charge in [0.1, 0.15) is 5.75 Å². The fraction of sp³-hybridized carbons (Fsp3) is 0.316. The number of anilines is 1. The fourth-order valence-electron chi connectivity index (χ4n) is 2.91. The average Bonchev–Trinajstić information content (AvgIpc) is 3.02. The molecule has 0 saturated carbocycles. The minimum atomic E-state index is 0.158. The number of benzene rings is 2. The monoisotopic (exact) mass is 309 g/mol. The van der Waals surface area contributed by atoms with E-state index in [-0.39, 0.29) is 6.04 Å². The van der Waals surface area contributed by atoms with Crippen molar-refractivity contribution in [2.75, 3.05) is 18.7 Å². The topological polar surface area (TPSA) is 50.9 Å². The lowest BCUT2D eigenvalue weighted by Crippen LogP contribution is -2.18. The molecule has 1 heterocycles. The van der Waals surface area contributed by atoms with Crippen molar-refractivity contribution in [1.29, 1.82) is 0 Å². The average molecular weight is 309 g/mol. The molecule has 0 saturated heterocycles. The highest BCUT2D eigenvalue weighted by molar-refractivity contribution is 5.90. The van der Waals surface area contributed by atoms with Crippen molar-refractivity contribution in [2.24, 2.45) is 10.8 Å². The second kappa shape index (κ2) is 6.42. The van der Waals surface area contributed by atoms with Crippen LogP contribution in [0.2, 0.25) is 0 Å². The third-order valence-corrected chi connectivity index (χ3v) is 4.44. The molecule has 1 unspecified atom stereocenters. The van der Waals surface area contributed by atoms with Gasteiger partial charge >= 0.3 is 0 Å². The van der Waals surface area contributed by atoms with Gasteiger partial charge in [-0.15, -0.1) is 0 Å². The summed E-state index contributed by atoms with van der Waals surface area (Å²) in [7, 11) is 1.69. The summed E-state index contributed by atoms with van der Waals surface area (Å²) in [6, 6.07) is 14.8. The van der Waals surface area contributed by atoms with E-state index in [1.807, 2.05) is 12.1 Å². The van der Waals surface area contributed by atoms with Crippen LogP contribution in [0.15, 0.2) is 47.6 Å². The van der Waals surface area contributed by atoms with E-state index in [4.69, 9.17) is 15.6 Å². The minimum Gasteiger partial charge on any atom is -0.497 e. The molecule has 0 spiro atoms. The van der Waals surface area contributed by atoms with Crippen molar-refractivity contribution >= 4 is 11.4 Å². The van der Waals surface area contributed by atoms with Gasteiger partial charge in [0.05, 0.1) is 24.6 Å². The van der Waals surface area contributed by atoms with Crippen LogP contribution in [0.5, 0.6) is 5.75 Å². The van der Waals surface area contributed by atoms with Gasteiger partial charge in [-0.2, -0.15) is 5.10 Å². The van der Waals surface area contributed by atoms with Crippen LogP contribution < -0.4 is 15.5 Å². The van der Waals surface area contributed by atoms with Gasteiger partial charge in [0.25, 0.3) is 0 Å². The van der Waals surface area contributed by atoms with E-state index in [0.717, 1.165) is 23.6 Å². The largest absolute Gasteiger partial charge is 0.497 e. The third-order valence-electron chi connectivity index (χ3n) is 4.44. The third kappa shape index (κ3) is 3.08. The molecule has 1 atom stereocenters. The molecule has 0 amide bonds. The molecular weight excluding hydrogens is 286 g/mol. The summed E-state index contributed by atoms with van der Waals surface area (Å²) in [5, 5.41) is 6.83. The Bertz CT molecular complexity index is 739. The van der Waals surface area contributed by atoms with Crippen molar-refractivity contribution in [3.05, 3.63) is 59.2 Å². The maximum absolute atomic E-state index is 5.84. The van der Waals surface area contributed by atoms with Crippen molar-refractivity contribution in [1.82, 2.24) is 0 Å². The maximum atomic E-state index is 5.84. The molecule has 0 fully saturated rings. The van der Waals surface area contributed by atoms with Crippen LogP contribution >= 0.6 is 0 Å². The fourth-order valence-corrected chi connectivity index (χ4v) is 2.91. The Morgan fingerprint density at radius 2 is 2.00 bits per heavy atom. The van der Waals surface area contributed by atoms with E-state index in [2.05, 4.69) is 49.2 Å². The predicted molar refractivity (Wildman–Crippen MR) is 95.2 cm³/mol. The standard InChI is InChI=1S/C19H23N3O/c1-13-7-8-17(9-14(13)2)22-19(11-16(12-20)21-22)15-5-4-6-18(10-15)23-3/h4-10,19H,11-12,20H2,1-3H3. The van der Waals surface area contributed by atoms with Gasteiger partial charge in [0.2, 0.25) is 0 Å². The van der Waals surface area contributed by atoms with Crippen LogP contribution in [0.3, 0.4) is 0 Å². The molecule has 2 aromatic rings.